The summed E-state index contributed by atoms with van der Waals surface area (Å²) in [5, 5.41) is 8.40. The van der Waals surface area contributed by atoms with Gasteiger partial charge < -0.3 is 10.3 Å². The van der Waals surface area contributed by atoms with Crippen molar-refractivity contribution in [3.05, 3.63) is 47.5 Å². The number of rotatable bonds is 6. The predicted molar refractivity (Wildman–Crippen MR) is 114 cm³/mol. The predicted octanol–water partition coefficient (Wildman–Crippen LogP) is 2.21. The molecule has 7 nitrogen and oxygen atoms in total. The van der Waals surface area contributed by atoms with E-state index in [1.165, 1.54) is 38.2 Å². The molecular formula is C22H31N7. The van der Waals surface area contributed by atoms with Crippen molar-refractivity contribution in [3.63, 3.8) is 0 Å². The zero-order valence-electron chi connectivity index (χ0n) is 17.3. The normalized spacial score (nSPS) is 20.4. The van der Waals surface area contributed by atoms with Crippen LogP contribution < -0.4 is 5.32 Å². The van der Waals surface area contributed by atoms with Gasteiger partial charge in [-0.3, -0.25) is 14.5 Å². The van der Waals surface area contributed by atoms with Gasteiger partial charge in [-0.25, -0.2) is 4.98 Å². The van der Waals surface area contributed by atoms with Crippen LogP contribution >= 0.6 is 0 Å². The third-order valence-electron chi connectivity index (χ3n) is 6.13. The smallest absolute Gasteiger partial charge is 0.121 e. The van der Waals surface area contributed by atoms with Crippen LogP contribution in [0.25, 0.3) is 11.0 Å². The molecule has 0 saturated carbocycles. The molecule has 4 heterocycles. The van der Waals surface area contributed by atoms with Gasteiger partial charge in [0.25, 0.3) is 0 Å². The highest BCUT2D eigenvalue weighted by Gasteiger charge is 2.22. The molecule has 0 amide bonds. The molecule has 3 aromatic rings. The molecule has 5 rings (SSSR count). The van der Waals surface area contributed by atoms with Crippen LogP contribution in [0.15, 0.2) is 30.3 Å². The van der Waals surface area contributed by atoms with Crippen LogP contribution in [0.4, 0.5) is 0 Å². The number of hydrogen-bond acceptors (Lipinski definition) is 5. The molecule has 0 spiro atoms. The van der Waals surface area contributed by atoms with Crippen molar-refractivity contribution in [1.29, 1.82) is 0 Å². The number of aromatic nitrogens is 4. The monoisotopic (exact) mass is 393 g/mol. The second-order valence-electron chi connectivity index (χ2n) is 8.67. The molecule has 0 bridgehead atoms. The number of piperidine rings is 1. The Morgan fingerprint density at radius 1 is 1.21 bits per heavy atom. The topological polar surface area (TPSA) is 65.0 Å². The van der Waals surface area contributed by atoms with Gasteiger partial charge in [-0.15, -0.1) is 0 Å². The highest BCUT2D eigenvalue weighted by atomic mass is 15.3. The Morgan fingerprint density at radius 2 is 2.14 bits per heavy atom. The lowest BCUT2D eigenvalue weighted by Crippen LogP contribution is -2.41. The minimum Gasteiger partial charge on any atom is -0.341 e. The van der Waals surface area contributed by atoms with Crippen molar-refractivity contribution in [2.45, 2.75) is 39.0 Å². The quantitative estimate of drug-likeness (QED) is 0.672. The SMILES string of the molecule is CN(Cc1cc2n(n1)CCN(CC1CCCNC1)C2)Cc1nc2ccccc2[nH]1. The van der Waals surface area contributed by atoms with Crippen LogP contribution in [-0.2, 0) is 26.2 Å². The van der Waals surface area contributed by atoms with Gasteiger partial charge in [0.05, 0.1) is 35.5 Å². The average Bonchev–Trinajstić information content (AvgIpc) is 3.30. The lowest BCUT2D eigenvalue weighted by Gasteiger charge is -2.32. The van der Waals surface area contributed by atoms with Gasteiger partial charge >= 0.3 is 0 Å². The number of nitrogens with zero attached hydrogens (tertiary/aromatic N) is 5. The third-order valence-corrected chi connectivity index (χ3v) is 6.13. The molecule has 154 valence electrons. The van der Waals surface area contributed by atoms with Crippen LogP contribution in [0.5, 0.6) is 0 Å². The first-order valence-electron chi connectivity index (χ1n) is 10.8. The summed E-state index contributed by atoms with van der Waals surface area (Å²) in [6.45, 7) is 8.33. The molecule has 7 heteroatoms. The molecule has 0 radical (unpaired) electrons. The van der Waals surface area contributed by atoms with Crippen molar-refractivity contribution in [1.82, 2.24) is 34.9 Å². The van der Waals surface area contributed by atoms with E-state index in [9.17, 15) is 0 Å². The fourth-order valence-electron chi connectivity index (χ4n) is 4.73. The fourth-order valence-corrected chi connectivity index (χ4v) is 4.73. The number of aromatic amines is 1. The maximum absolute atomic E-state index is 4.86. The Labute approximate surface area is 172 Å². The third kappa shape index (κ3) is 4.37. The Kier molecular flexibility index (Phi) is 5.35. The summed E-state index contributed by atoms with van der Waals surface area (Å²) in [6, 6.07) is 10.5. The first-order chi connectivity index (χ1) is 14.2. The number of hydrogen-bond donors (Lipinski definition) is 2. The van der Waals surface area contributed by atoms with Crippen LogP contribution in [-0.4, -0.2) is 62.8 Å². The summed E-state index contributed by atoms with van der Waals surface area (Å²) in [5.74, 6) is 1.80. The first kappa shape index (κ1) is 18.8. The van der Waals surface area contributed by atoms with E-state index < -0.39 is 0 Å². The van der Waals surface area contributed by atoms with Gasteiger partial charge in [0.1, 0.15) is 5.82 Å². The summed E-state index contributed by atoms with van der Waals surface area (Å²) in [4.78, 5) is 13.0. The van der Waals surface area contributed by atoms with E-state index in [-0.39, 0.29) is 0 Å². The zero-order valence-corrected chi connectivity index (χ0v) is 17.3. The van der Waals surface area contributed by atoms with Crippen molar-refractivity contribution in [2.24, 2.45) is 5.92 Å². The lowest BCUT2D eigenvalue weighted by molar-refractivity contribution is 0.168. The summed E-state index contributed by atoms with van der Waals surface area (Å²) in [7, 11) is 2.13. The highest BCUT2D eigenvalue weighted by molar-refractivity contribution is 5.74. The molecule has 2 aromatic heterocycles. The van der Waals surface area contributed by atoms with Crippen molar-refractivity contribution < 1.29 is 0 Å². The number of para-hydroxylation sites is 2. The molecule has 29 heavy (non-hydrogen) atoms. The molecule has 1 saturated heterocycles. The second-order valence-corrected chi connectivity index (χ2v) is 8.67. The number of H-pyrrole nitrogens is 1. The van der Waals surface area contributed by atoms with Crippen LogP contribution in [0, 0.1) is 5.92 Å². The Hall–Kier alpha value is -2.22. The summed E-state index contributed by atoms with van der Waals surface area (Å²) in [6.07, 6.45) is 2.68. The fraction of sp³-hybridized carbons (Fsp3) is 0.545. The molecule has 2 aliphatic heterocycles. The maximum Gasteiger partial charge on any atom is 0.121 e. The van der Waals surface area contributed by atoms with Crippen LogP contribution in [0.2, 0.25) is 0 Å². The highest BCUT2D eigenvalue weighted by Crippen LogP contribution is 2.19. The van der Waals surface area contributed by atoms with Gasteiger partial charge in [0, 0.05) is 26.2 Å². The molecular weight excluding hydrogens is 362 g/mol. The summed E-state index contributed by atoms with van der Waals surface area (Å²) < 4.78 is 2.21. The number of nitrogens with one attached hydrogen (secondary N) is 2. The Bertz CT molecular complexity index is 920. The molecule has 0 aliphatic carbocycles. The zero-order chi connectivity index (χ0) is 19.6. The largest absolute Gasteiger partial charge is 0.341 e. The molecule has 2 aliphatic rings. The number of imidazole rings is 1. The molecule has 1 atom stereocenters. The van der Waals surface area contributed by atoms with E-state index in [0.717, 1.165) is 61.2 Å². The van der Waals surface area contributed by atoms with Gasteiger partial charge in [0.15, 0.2) is 0 Å². The average molecular weight is 394 g/mol. The number of benzene rings is 1. The van der Waals surface area contributed by atoms with E-state index in [1.807, 2.05) is 18.2 Å². The maximum atomic E-state index is 4.86. The first-order valence-corrected chi connectivity index (χ1v) is 10.8. The van der Waals surface area contributed by atoms with Crippen LogP contribution in [0.1, 0.15) is 30.1 Å². The second kappa shape index (κ2) is 8.26. The Balaban J connectivity index is 1.18. The van der Waals surface area contributed by atoms with Crippen LogP contribution in [0.3, 0.4) is 0 Å². The van der Waals surface area contributed by atoms with E-state index >= 15 is 0 Å². The minimum atomic E-state index is 0.789. The van der Waals surface area contributed by atoms with Gasteiger partial charge in [-0.1, -0.05) is 12.1 Å². The van der Waals surface area contributed by atoms with Crippen molar-refractivity contribution in [3.8, 4) is 0 Å². The summed E-state index contributed by atoms with van der Waals surface area (Å²) in [5.41, 5.74) is 4.63. The van der Waals surface area contributed by atoms with E-state index in [2.05, 4.69) is 44.0 Å². The number of fused-ring (bicyclic) bond motifs is 2. The Morgan fingerprint density at radius 3 is 3.00 bits per heavy atom. The molecule has 2 N–H and O–H groups in total. The van der Waals surface area contributed by atoms with E-state index in [0.29, 0.717) is 0 Å². The van der Waals surface area contributed by atoms with Crippen molar-refractivity contribution in [2.75, 3.05) is 33.2 Å². The minimum absolute atomic E-state index is 0.789. The molecule has 1 aromatic carbocycles. The van der Waals surface area contributed by atoms with E-state index in [4.69, 9.17) is 10.1 Å². The lowest BCUT2D eigenvalue weighted by atomic mass is 9.99. The molecule has 1 fully saturated rings. The molecule has 1 unspecified atom stereocenters. The van der Waals surface area contributed by atoms with Gasteiger partial charge in [0.2, 0.25) is 0 Å². The van der Waals surface area contributed by atoms with E-state index in [1.54, 1.807) is 0 Å². The van der Waals surface area contributed by atoms with Gasteiger partial charge in [-0.2, -0.15) is 5.10 Å². The standard InChI is InChI=1S/C22H31N7/c1-27(16-22-24-20-6-2-3-7-21(20)25-22)14-18-11-19-15-28(9-10-29(19)26-18)13-17-5-4-8-23-12-17/h2-3,6-7,11,17,23H,4-5,8-10,12-16H2,1H3,(H,24,25). The summed E-state index contributed by atoms with van der Waals surface area (Å²) >= 11 is 0. The van der Waals surface area contributed by atoms with Gasteiger partial charge in [-0.05, 0) is 57.1 Å². The van der Waals surface area contributed by atoms with Crippen molar-refractivity contribution >= 4 is 11.0 Å².